The predicted octanol–water partition coefficient (Wildman–Crippen LogP) is 1.53. The molecule has 0 bridgehead atoms. The molecule has 0 aliphatic rings. The van der Waals surface area contributed by atoms with Crippen LogP contribution in [-0.4, -0.2) is 27.8 Å². The van der Waals surface area contributed by atoms with E-state index >= 15 is 0 Å². The van der Waals surface area contributed by atoms with Crippen LogP contribution in [0.2, 0.25) is 0 Å². The van der Waals surface area contributed by atoms with Gasteiger partial charge >= 0.3 is 5.97 Å². The number of aliphatic carboxylic acids is 1. The minimum absolute atomic E-state index is 0.114. The second-order valence-electron chi connectivity index (χ2n) is 2.88. The van der Waals surface area contributed by atoms with Gasteiger partial charge in [-0.25, -0.2) is 0 Å². The van der Waals surface area contributed by atoms with Crippen LogP contribution in [0.4, 0.5) is 0 Å². The summed E-state index contributed by atoms with van der Waals surface area (Å²) in [6.45, 7) is 3.48. The van der Waals surface area contributed by atoms with Crippen LogP contribution < -0.4 is 0 Å². The quantitative estimate of drug-likeness (QED) is 0.651. The summed E-state index contributed by atoms with van der Waals surface area (Å²) >= 11 is 0. The average Bonchev–Trinajstić information content (AvgIpc) is 1.99. The highest BCUT2D eigenvalue weighted by Crippen LogP contribution is 2.47. The molecule has 0 aromatic heterocycles. The minimum atomic E-state index is -3.22. The molecule has 5 heteroatoms. The van der Waals surface area contributed by atoms with Gasteiger partial charge in [-0.05, 0) is 6.42 Å². The van der Waals surface area contributed by atoms with Crippen molar-refractivity contribution in [1.29, 1.82) is 0 Å². The lowest BCUT2D eigenvalue weighted by molar-refractivity contribution is -0.136. The van der Waals surface area contributed by atoms with Crippen LogP contribution in [0.5, 0.6) is 0 Å². The number of rotatable bonds is 5. The highest BCUT2D eigenvalue weighted by Gasteiger charge is 2.25. The Kier molecular flexibility index (Phi) is 4.50. The zero-order chi connectivity index (χ0) is 9.78. The Balaban J connectivity index is 4.04. The first-order valence-corrected chi connectivity index (χ1v) is 5.84. The van der Waals surface area contributed by atoms with E-state index in [0.29, 0.717) is 6.42 Å². The van der Waals surface area contributed by atoms with Gasteiger partial charge in [0, 0.05) is 11.8 Å². The topological polar surface area (TPSA) is 74.6 Å². The van der Waals surface area contributed by atoms with E-state index in [1.54, 1.807) is 6.92 Å². The number of carboxylic acid groups (broad SMARTS) is 1. The van der Waals surface area contributed by atoms with E-state index in [4.69, 9.17) is 5.11 Å². The molecule has 2 atom stereocenters. The molecule has 0 radical (unpaired) electrons. The van der Waals surface area contributed by atoms with Crippen molar-refractivity contribution in [1.82, 2.24) is 0 Å². The Labute approximate surface area is 72.1 Å². The number of carbonyl (C=O) groups is 1. The Hall–Kier alpha value is -0.340. The Morgan fingerprint density at radius 1 is 1.58 bits per heavy atom. The molecule has 0 aromatic rings. The third-order valence-electron chi connectivity index (χ3n) is 1.93. The Morgan fingerprint density at radius 2 is 2.08 bits per heavy atom. The molecule has 0 amide bonds. The first kappa shape index (κ1) is 11.7. The summed E-state index contributed by atoms with van der Waals surface area (Å²) in [4.78, 5) is 19.4. The molecule has 2 N–H and O–H groups in total. The van der Waals surface area contributed by atoms with Gasteiger partial charge in [0.25, 0.3) is 0 Å². The van der Waals surface area contributed by atoms with Gasteiger partial charge in [0.2, 0.25) is 7.37 Å². The zero-order valence-corrected chi connectivity index (χ0v) is 8.25. The van der Waals surface area contributed by atoms with Gasteiger partial charge in [0.15, 0.2) is 0 Å². The van der Waals surface area contributed by atoms with Gasteiger partial charge in [-0.1, -0.05) is 13.8 Å². The summed E-state index contributed by atoms with van der Waals surface area (Å²) in [5.74, 6) is -1.02. The molecule has 2 unspecified atom stereocenters. The number of carboxylic acids is 1. The van der Waals surface area contributed by atoms with E-state index in [1.165, 1.54) is 0 Å². The molecule has 0 aromatic carbocycles. The molecule has 12 heavy (non-hydrogen) atoms. The number of hydrogen-bond donors (Lipinski definition) is 2. The SMILES string of the molecule is CCC(C)P(=O)(O)CCC(=O)O. The van der Waals surface area contributed by atoms with Gasteiger partial charge < -0.3 is 10.00 Å². The van der Waals surface area contributed by atoms with Crippen molar-refractivity contribution in [2.45, 2.75) is 32.3 Å². The molecule has 0 saturated heterocycles. The maximum Gasteiger partial charge on any atom is 0.303 e. The molecular weight excluding hydrogens is 179 g/mol. The fraction of sp³-hybridized carbons (Fsp3) is 0.857. The fourth-order valence-corrected chi connectivity index (χ4v) is 2.28. The Morgan fingerprint density at radius 3 is 2.42 bits per heavy atom. The van der Waals surface area contributed by atoms with Gasteiger partial charge in [-0.2, -0.15) is 0 Å². The molecule has 0 heterocycles. The molecule has 0 spiro atoms. The smallest absolute Gasteiger partial charge is 0.303 e. The van der Waals surface area contributed by atoms with Gasteiger partial charge in [0.05, 0.1) is 6.42 Å². The van der Waals surface area contributed by atoms with Crippen LogP contribution in [0.15, 0.2) is 0 Å². The van der Waals surface area contributed by atoms with Gasteiger partial charge in [-0.15, -0.1) is 0 Å². The number of hydrogen-bond acceptors (Lipinski definition) is 2. The van der Waals surface area contributed by atoms with E-state index in [2.05, 4.69) is 0 Å². The zero-order valence-electron chi connectivity index (χ0n) is 7.36. The van der Waals surface area contributed by atoms with Gasteiger partial charge in [0.1, 0.15) is 0 Å². The second kappa shape index (κ2) is 4.63. The molecule has 72 valence electrons. The molecule has 0 aliphatic carbocycles. The van der Waals surface area contributed by atoms with Crippen LogP contribution in [0.1, 0.15) is 26.7 Å². The van der Waals surface area contributed by atoms with E-state index < -0.39 is 13.3 Å². The summed E-state index contributed by atoms with van der Waals surface area (Å²) in [5.41, 5.74) is -0.295. The largest absolute Gasteiger partial charge is 0.481 e. The van der Waals surface area contributed by atoms with Crippen LogP contribution in [0.3, 0.4) is 0 Å². The highest BCUT2D eigenvalue weighted by atomic mass is 31.2. The molecule has 0 saturated carbocycles. The fourth-order valence-electron chi connectivity index (χ4n) is 0.762. The first-order chi connectivity index (χ1) is 5.40. The van der Waals surface area contributed by atoms with Crippen molar-refractivity contribution in [2.24, 2.45) is 0 Å². The van der Waals surface area contributed by atoms with Crippen molar-refractivity contribution in [2.75, 3.05) is 6.16 Å². The molecule has 0 rings (SSSR count). The molecule has 4 nitrogen and oxygen atoms in total. The third-order valence-corrected chi connectivity index (χ3v) is 4.53. The minimum Gasteiger partial charge on any atom is -0.481 e. The van der Waals surface area contributed by atoms with E-state index in [9.17, 15) is 14.3 Å². The van der Waals surface area contributed by atoms with Crippen LogP contribution in [-0.2, 0) is 9.36 Å². The summed E-state index contributed by atoms with van der Waals surface area (Å²) in [6.07, 6.45) is 0.267. The molecule has 0 aliphatic heterocycles. The Bertz CT molecular complexity index is 202. The van der Waals surface area contributed by atoms with E-state index in [1.807, 2.05) is 6.92 Å². The van der Waals surface area contributed by atoms with Crippen molar-refractivity contribution in [3.05, 3.63) is 0 Å². The van der Waals surface area contributed by atoms with E-state index in [0.717, 1.165) is 0 Å². The first-order valence-electron chi connectivity index (χ1n) is 3.93. The summed E-state index contributed by atoms with van der Waals surface area (Å²) < 4.78 is 11.3. The lowest BCUT2D eigenvalue weighted by Crippen LogP contribution is -2.08. The monoisotopic (exact) mass is 194 g/mol. The van der Waals surface area contributed by atoms with Crippen molar-refractivity contribution in [3.8, 4) is 0 Å². The summed E-state index contributed by atoms with van der Waals surface area (Å²) in [6, 6.07) is 0. The van der Waals surface area contributed by atoms with Crippen molar-refractivity contribution in [3.63, 3.8) is 0 Å². The predicted molar refractivity (Wildman–Crippen MR) is 46.7 cm³/mol. The van der Waals surface area contributed by atoms with E-state index in [-0.39, 0.29) is 18.2 Å². The van der Waals surface area contributed by atoms with Crippen LogP contribution in [0, 0.1) is 0 Å². The van der Waals surface area contributed by atoms with Crippen molar-refractivity contribution >= 4 is 13.3 Å². The normalized spacial score (nSPS) is 18.2. The van der Waals surface area contributed by atoms with Crippen LogP contribution >= 0.6 is 7.37 Å². The second-order valence-corrected chi connectivity index (χ2v) is 5.72. The maximum absolute atomic E-state index is 11.3. The standard InChI is InChI=1S/C7H15O4P/c1-3-6(2)12(10,11)5-4-7(8)9/h6H,3-5H2,1-2H3,(H,8,9)(H,10,11). The van der Waals surface area contributed by atoms with Crippen LogP contribution in [0.25, 0.3) is 0 Å². The molecule has 0 fully saturated rings. The van der Waals surface area contributed by atoms with Gasteiger partial charge in [-0.3, -0.25) is 9.36 Å². The lowest BCUT2D eigenvalue weighted by Gasteiger charge is -2.16. The maximum atomic E-state index is 11.3. The lowest BCUT2D eigenvalue weighted by atomic mass is 10.4. The summed E-state index contributed by atoms with van der Waals surface area (Å²) in [7, 11) is -3.22. The average molecular weight is 194 g/mol. The van der Waals surface area contributed by atoms with Crippen molar-refractivity contribution < 1.29 is 19.4 Å². The third kappa shape index (κ3) is 3.88. The summed E-state index contributed by atoms with van der Waals surface area (Å²) in [5, 5.41) is 8.30. The highest BCUT2D eigenvalue weighted by molar-refractivity contribution is 7.58. The molecular formula is C7H15O4P.